The molecule has 150 valence electrons. The minimum Gasteiger partial charge on any atom is -0.342 e. The van der Waals surface area contributed by atoms with E-state index in [0.29, 0.717) is 32.6 Å². The lowest BCUT2D eigenvalue weighted by atomic mass is 9.90. The number of nitrogens with zero attached hydrogens (tertiary/aromatic N) is 2. The normalized spacial score (nSPS) is 20.2. The first kappa shape index (κ1) is 20.2. The Morgan fingerprint density at radius 1 is 1.22 bits per heavy atom. The van der Waals surface area contributed by atoms with Gasteiger partial charge in [-0.05, 0) is 61.3 Å². The van der Waals surface area contributed by atoms with Crippen LogP contribution in [0.5, 0.6) is 0 Å². The summed E-state index contributed by atoms with van der Waals surface area (Å²) in [5.74, 6) is 0.215. The number of carbonyl (C=O) groups is 1. The summed E-state index contributed by atoms with van der Waals surface area (Å²) in [5, 5.41) is 0. The van der Waals surface area contributed by atoms with Gasteiger partial charge in [-0.1, -0.05) is 25.1 Å². The van der Waals surface area contributed by atoms with Crippen molar-refractivity contribution in [3.8, 4) is 0 Å². The van der Waals surface area contributed by atoms with Crippen LogP contribution in [0.2, 0.25) is 0 Å². The fourth-order valence-electron chi connectivity index (χ4n) is 4.32. The highest BCUT2D eigenvalue weighted by molar-refractivity contribution is 5.79. The molecule has 1 aromatic carbocycles. The molecule has 0 bridgehead atoms. The average Bonchev–Trinajstić information content (AvgIpc) is 3.08. The van der Waals surface area contributed by atoms with Crippen LogP contribution in [-0.2, 0) is 24.1 Å². The van der Waals surface area contributed by atoms with Crippen molar-refractivity contribution in [1.82, 2.24) is 9.80 Å². The molecule has 0 aromatic heterocycles. The molecule has 3 rings (SSSR count). The number of amides is 1. The SMILES string of the molecule is CCN(CC1CCN(C(=O)Cc2ccc3c(c2)CCCC3)C1)CC(F)(F)F. The highest BCUT2D eigenvalue weighted by Crippen LogP contribution is 2.24. The first-order valence-corrected chi connectivity index (χ1v) is 10.0. The predicted octanol–water partition coefficient (Wildman–Crippen LogP) is 3.84. The minimum atomic E-state index is -4.17. The molecule has 0 N–H and O–H groups in total. The van der Waals surface area contributed by atoms with Crippen molar-refractivity contribution >= 4 is 5.91 Å². The number of alkyl halides is 3. The number of hydrogen-bond donors (Lipinski definition) is 0. The molecule has 1 aliphatic carbocycles. The van der Waals surface area contributed by atoms with Crippen molar-refractivity contribution in [3.05, 3.63) is 34.9 Å². The third-order valence-electron chi connectivity index (χ3n) is 5.77. The molecule has 1 fully saturated rings. The lowest BCUT2D eigenvalue weighted by Crippen LogP contribution is -2.38. The molecule has 6 heteroatoms. The van der Waals surface area contributed by atoms with Gasteiger partial charge < -0.3 is 4.90 Å². The number of halogens is 3. The fraction of sp³-hybridized carbons (Fsp3) is 0.667. The van der Waals surface area contributed by atoms with Crippen LogP contribution in [-0.4, -0.2) is 54.6 Å². The van der Waals surface area contributed by atoms with Gasteiger partial charge in [-0.3, -0.25) is 9.69 Å². The van der Waals surface area contributed by atoms with Crippen molar-refractivity contribution in [3.63, 3.8) is 0 Å². The van der Waals surface area contributed by atoms with Crippen molar-refractivity contribution < 1.29 is 18.0 Å². The summed E-state index contributed by atoms with van der Waals surface area (Å²) < 4.78 is 37.9. The molecule has 0 saturated carbocycles. The summed E-state index contributed by atoms with van der Waals surface area (Å²) >= 11 is 0. The lowest BCUT2D eigenvalue weighted by Gasteiger charge is -2.25. The maximum Gasteiger partial charge on any atom is 0.401 e. The van der Waals surface area contributed by atoms with Crippen LogP contribution in [0.3, 0.4) is 0 Å². The van der Waals surface area contributed by atoms with Gasteiger partial charge in [0.15, 0.2) is 0 Å². The molecule has 1 heterocycles. The van der Waals surface area contributed by atoms with E-state index in [1.165, 1.54) is 28.9 Å². The Balaban J connectivity index is 1.51. The molecule has 2 aliphatic rings. The summed E-state index contributed by atoms with van der Waals surface area (Å²) in [4.78, 5) is 15.9. The molecule has 1 unspecified atom stereocenters. The summed E-state index contributed by atoms with van der Waals surface area (Å²) in [7, 11) is 0. The van der Waals surface area contributed by atoms with E-state index in [1.54, 1.807) is 6.92 Å². The maximum absolute atomic E-state index is 12.6. The molecule has 0 spiro atoms. The molecule has 0 radical (unpaired) electrons. The Labute approximate surface area is 159 Å². The molecule has 1 atom stereocenters. The Kier molecular flexibility index (Phi) is 6.45. The van der Waals surface area contributed by atoms with Crippen LogP contribution in [0.15, 0.2) is 18.2 Å². The van der Waals surface area contributed by atoms with Gasteiger partial charge in [0.1, 0.15) is 0 Å². The van der Waals surface area contributed by atoms with Crippen LogP contribution in [0.4, 0.5) is 13.2 Å². The summed E-state index contributed by atoms with van der Waals surface area (Å²) in [6.07, 6.45) is 1.67. The van der Waals surface area contributed by atoms with Crippen molar-refractivity contribution in [2.24, 2.45) is 5.92 Å². The van der Waals surface area contributed by atoms with E-state index < -0.39 is 12.7 Å². The Bertz CT molecular complexity index is 659. The van der Waals surface area contributed by atoms with Crippen LogP contribution in [0.25, 0.3) is 0 Å². The number of aryl methyl sites for hydroxylation is 2. The quantitative estimate of drug-likeness (QED) is 0.746. The van der Waals surface area contributed by atoms with Crippen LogP contribution >= 0.6 is 0 Å². The van der Waals surface area contributed by atoms with E-state index in [0.717, 1.165) is 24.8 Å². The largest absolute Gasteiger partial charge is 0.401 e. The van der Waals surface area contributed by atoms with E-state index >= 15 is 0 Å². The van der Waals surface area contributed by atoms with Gasteiger partial charge >= 0.3 is 6.18 Å². The zero-order chi connectivity index (χ0) is 19.4. The highest BCUT2D eigenvalue weighted by Gasteiger charge is 2.33. The van der Waals surface area contributed by atoms with E-state index in [4.69, 9.17) is 0 Å². The number of likely N-dealkylation sites (tertiary alicyclic amines) is 1. The van der Waals surface area contributed by atoms with Crippen LogP contribution < -0.4 is 0 Å². The molecule has 3 nitrogen and oxygen atoms in total. The topological polar surface area (TPSA) is 23.6 Å². The van der Waals surface area contributed by atoms with E-state index in [2.05, 4.69) is 18.2 Å². The van der Waals surface area contributed by atoms with Gasteiger partial charge in [-0.25, -0.2) is 0 Å². The third-order valence-corrected chi connectivity index (χ3v) is 5.77. The Morgan fingerprint density at radius 2 is 1.96 bits per heavy atom. The molecular formula is C21H29F3N2O. The maximum atomic E-state index is 12.6. The van der Waals surface area contributed by atoms with Crippen LogP contribution in [0.1, 0.15) is 42.9 Å². The molecule has 27 heavy (non-hydrogen) atoms. The second-order valence-corrected chi connectivity index (χ2v) is 7.92. The van der Waals surface area contributed by atoms with Gasteiger partial charge in [0.05, 0.1) is 13.0 Å². The Hall–Kier alpha value is -1.56. The third kappa shape index (κ3) is 5.71. The molecular weight excluding hydrogens is 353 g/mol. The van der Waals surface area contributed by atoms with E-state index in [9.17, 15) is 18.0 Å². The van der Waals surface area contributed by atoms with Gasteiger partial charge in [-0.2, -0.15) is 13.2 Å². The number of benzene rings is 1. The minimum absolute atomic E-state index is 0.0899. The van der Waals surface area contributed by atoms with Gasteiger partial charge in [-0.15, -0.1) is 0 Å². The smallest absolute Gasteiger partial charge is 0.342 e. The fourth-order valence-corrected chi connectivity index (χ4v) is 4.32. The zero-order valence-corrected chi connectivity index (χ0v) is 16.0. The molecule has 1 saturated heterocycles. The van der Waals surface area contributed by atoms with Gasteiger partial charge in [0.25, 0.3) is 0 Å². The summed E-state index contributed by atoms with van der Waals surface area (Å²) in [6.45, 7) is 2.87. The lowest BCUT2D eigenvalue weighted by molar-refractivity contribution is -0.146. The second kappa shape index (κ2) is 8.63. The van der Waals surface area contributed by atoms with Gasteiger partial charge in [0, 0.05) is 19.6 Å². The van der Waals surface area contributed by atoms with Crippen LogP contribution in [0, 0.1) is 5.92 Å². The predicted molar refractivity (Wildman–Crippen MR) is 99.6 cm³/mol. The highest BCUT2D eigenvalue weighted by atomic mass is 19.4. The number of fused-ring (bicyclic) bond motifs is 1. The summed E-state index contributed by atoms with van der Waals surface area (Å²) in [5.41, 5.74) is 3.83. The average molecular weight is 382 g/mol. The monoisotopic (exact) mass is 382 g/mol. The molecule has 1 aromatic rings. The number of hydrogen-bond acceptors (Lipinski definition) is 2. The van der Waals surface area contributed by atoms with Crippen molar-refractivity contribution in [2.75, 3.05) is 32.7 Å². The molecule has 1 amide bonds. The van der Waals surface area contributed by atoms with E-state index in [-0.39, 0.29) is 11.8 Å². The second-order valence-electron chi connectivity index (χ2n) is 7.92. The first-order valence-electron chi connectivity index (χ1n) is 10.0. The van der Waals surface area contributed by atoms with E-state index in [1.807, 2.05) is 4.90 Å². The standard InChI is InChI=1S/C21H29F3N2O/c1-2-25(15-21(22,23)24)13-17-9-10-26(14-17)20(27)12-16-7-8-18-5-3-4-6-19(18)11-16/h7-8,11,17H,2-6,9-10,12-15H2,1H3. The van der Waals surface area contributed by atoms with Gasteiger partial charge in [0.2, 0.25) is 5.91 Å². The van der Waals surface area contributed by atoms with Crippen molar-refractivity contribution in [1.29, 1.82) is 0 Å². The number of carbonyl (C=O) groups excluding carboxylic acids is 1. The molecule has 1 aliphatic heterocycles. The number of rotatable bonds is 6. The Morgan fingerprint density at radius 3 is 2.67 bits per heavy atom. The first-order chi connectivity index (χ1) is 12.8. The van der Waals surface area contributed by atoms with Crippen molar-refractivity contribution in [2.45, 2.75) is 51.6 Å². The zero-order valence-electron chi connectivity index (χ0n) is 16.0. The summed E-state index contributed by atoms with van der Waals surface area (Å²) in [6, 6.07) is 6.38.